The summed E-state index contributed by atoms with van der Waals surface area (Å²) in [5.41, 5.74) is 0.494. The van der Waals surface area contributed by atoms with Gasteiger partial charge in [-0.15, -0.1) is 0 Å². The van der Waals surface area contributed by atoms with Crippen LogP contribution in [0.15, 0.2) is 42.5 Å². The lowest BCUT2D eigenvalue weighted by Gasteiger charge is -2.18. The number of hydrogen-bond donors (Lipinski definition) is 2. The van der Waals surface area contributed by atoms with Gasteiger partial charge in [-0.3, -0.25) is 9.59 Å². The fourth-order valence-corrected chi connectivity index (χ4v) is 3.62. The minimum absolute atomic E-state index is 0.0179. The molecule has 0 saturated carbocycles. The molecule has 2 amide bonds. The molecule has 0 radical (unpaired) electrons. The highest BCUT2D eigenvalue weighted by molar-refractivity contribution is 6.48. The first-order chi connectivity index (χ1) is 16.0. The number of ether oxygens (including phenoxy) is 1. The van der Waals surface area contributed by atoms with E-state index in [9.17, 15) is 22.8 Å². The van der Waals surface area contributed by atoms with Gasteiger partial charge in [0.2, 0.25) is 5.91 Å². The Balaban J connectivity index is 2.20. The van der Waals surface area contributed by atoms with Crippen LogP contribution in [0.2, 0.25) is 15.1 Å². The van der Waals surface area contributed by atoms with E-state index in [2.05, 4.69) is 10.6 Å². The normalized spacial score (nSPS) is 13.5. The number of alkyl halides is 3. The second-order valence-corrected chi connectivity index (χ2v) is 8.37. The van der Waals surface area contributed by atoms with E-state index < -0.39 is 30.0 Å². The monoisotopic (exact) mass is 536 g/mol. The molecule has 2 atom stereocenters. The predicted octanol–water partition coefficient (Wildman–Crippen LogP) is 5.89. The third kappa shape index (κ3) is 7.63. The van der Waals surface area contributed by atoms with E-state index in [-0.39, 0.29) is 32.8 Å². The van der Waals surface area contributed by atoms with Crippen molar-refractivity contribution in [1.82, 2.24) is 10.6 Å². The molecule has 184 valence electrons. The van der Waals surface area contributed by atoms with Crippen molar-refractivity contribution < 1.29 is 27.5 Å². The average Bonchev–Trinajstić information content (AvgIpc) is 2.76. The van der Waals surface area contributed by atoms with Crippen molar-refractivity contribution in [2.45, 2.75) is 25.1 Å². The SMILES string of the molecule is CCNC(=O)C(COC)NC(=O)c1ccc(C=CC(c2cc(Cl)c(Cl)c(Cl)c2)C(F)(F)F)cc1. The largest absolute Gasteiger partial charge is 0.399 e. The smallest absolute Gasteiger partial charge is 0.382 e. The highest BCUT2D eigenvalue weighted by Gasteiger charge is 2.39. The van der Waals surface area contributed by atoms with Crippen molar-refractivity contribution in [2.24, 2.45) is 0 Å². The van der Waals surface area contributed by atoms with E-state index >= 15 is 0 Å². The molecule has 0 aliphatic carbocycles. The molecular formula is C23H22Cl3F3N2O3. The Morgan fingerprint density at radius 3 is 2.18 bits per heavy atom. The van der Waals surface area contributed by atoms with Gasteiger partial charge in [0.15, 0.2) is 0 Å². The zero-order valence-electron chi connectivity index (χ0n) is 18.2. The predicted molar refractivity (Wildman–Crippen MR) is 128 cm³/mol. The second-order valence-electron chi connectivity index (χ2n) is 7.17. The first kappa shape index (κ1) is 28.0. The maximum atomic E-state index is 13.7. The number of benzene rings is 2. The maximum Gasteiger partial charge on any atom is 0.399 e. The van der Waals surface area contributed by atoms with E-state index in [0.29, 0.717) is 12.1 Å². The van der Waals surface area contributed by atoms with Crippen LogP contribution >= 0.6 is 34.8 Å². The molecule has 2 aromatic carbocycles. The highest BCUT2D eigenvalue weighted by atomic mass is 35.5. The molecule has 2 N–H and O–H groups in total. The summed E-state index contributed by atoms with van der Waals surface area (Å²) in [5.74, 6) is -2.89. The van der Waals surface area contributed by atoms with Crippen LogP contribution in [-0.2, 0) is 9.53 Å². The molecule has 11 heteroatoms. The first-order valence-electron chi connectivity index (χ1n) is 10.0. The number of carbonyl (C=O) groups excluding carboxylic acids is 2. The van der Waals surface area contributed by atoms with E-state index in [1.165, 1.54) is 37.5 Å². The standard InChI is InChI=1S/C23H22Cl3F3N2O3/c1-3-30-22(33)19(12-34-2)31-21(32)14-7-4-13(5-8-14)6-9-16(23(27,28)29)15-10-17(24)20(26)18(25)11-15/h4-11,16,19H,3,12H2,1-2H3,(H,30,33)(H,31,32). The molecule has 0 heterocycles. The van der Waals surface area contributed by atoms with E-state index in [4.69, 9.17) is 39.5 Å². The Labute approximate surface area is 210 Å². The Hall–Kier alpha value is -2.26. The molecule has 0 aliphatic rings. The van der Waals surface area contributed by atoms with E-state index in [1.54, 1.807) is 6.92 Å². The summed E-state index contributed by atoms with van der Waals surface area (Å²) in [4.78, 5) is 24.5. The number of amides is 2. The van der Waals surface area contributed by atoms with Crippen LogP contribution in [-0.4, -0.2) is 44.3 Å². The molecule has 0 bridgehead atoms. The summed E-state index contributed by atoms with van der Waals surface area (Å²) in [5, 5.41) is 4.98. The van der Waals surface area contributed by atoms with Gasteiger partial charge >= 0.3 is 6.18 Å². The van der Waals surface area contributed by atoms with Gasteiger partial charge in [0, 0.05) is 19.2 Å². The van der Waals surface area contributed by atoms with Gasteiger partial charge in [-0.2, -0.15) is 13.2 Å². The van der Waals surface area contributed by atoms with Crippen LogP contribution in [0.1, 0.15) is 34.3 Å². The van der Waals surface area contributed by atoms with Crippen LogP contribution in [0.25, 0.3) is 6.08 Å². The number of rotatable bonds is 9. The lowest BCUT2D eigenvalue weighted by Crippen LogP contribution is -2.49. The van der Waals surface area contributed by atoms with Crippen molar-refractivity contribution in [3.05, 3.63) is 74.2 Å². The number of nitrogens with one attached hydrogen (secondary N) is 2. The molecule has 2 rings (SSSR count). The minimum atomic E-state index is -4.60. The van der Waals surface area contributed by atoms with E-state index in [0.717, 1.165) is 18.2 Å². The molecule has 0 aliphatic heterocycles. The molecule has 2 unspecified atom stereocenters. The quantitative estimate of drug-likeness (QED) is 0.392. The van der Waals surface area contributed by atoms with Gasteiger partial charge in [0.1, 0.15) is 6.04 Å². The summed E-state index contributed by atoms with van der Waals surface area (Å²) in [6.45, 7) is 2.12. The van der Waals surface area contributed by atoms with Gasteiger partial charge in [-0.25, -0.2) is 0 Å². The van der Waals surface area contributed by atoms with Gasteiger partial charge in [0.05, 0.1) is 27.6 Å². The van der Waals surface area contributed by atoms with Crippen molar-refractivity contribution in [2.75, 3.05) is 20.3 Å². The van der Waals surface area contributed by atoms with Gasteiger partial charge < -0.3 is 15.4 Å². The fraction of sp³-hybridized carbons (Fsp3) is 0.304. The Morgan fingerprint density at radius 1 is 1.09 bits per heavy atom. The topological polar surface area (TPSA) is 67.4 Å². The maximum absolute atomic E-state index is 13.7. The third-order valence-corrected chi connectivity index (χ3v) is 5.87. The molecule has 5 nitrogen and oxygen atoms in total. The molecule has 2 aromatic rings. The van der Waals surface area contributed by atoms with E-state index in [1.807, 2.05) is 0 Å². The third-order valence-electron chi connectivity index (χ3n) is 4.68. The zero-order chi connectivity index (χ0) is 25.5. The molecule has 0 spiro atoms. The molecule has 0 saturated heterocycles. The van der Waals surface area contributed by atoms with Gasteiger partial charge in [-0.1, -0.05) is 59.1 Å². The van der Waals surface area contributed by atoms with Crippen LogP contribution < -0.4 is 10.6 Å². The lowest BCUT2D eigenvalue weighted by molar-refractivity contribution is -0.139. The second kappa shape index (κ2) is 12.4. The fourth-order valence-electron chi connectivity index (χ4n) is 3.01. The molecule has 34 heavy (non-hydrogen) atoms. The summed E-state index contributed by atoms with van der Waals surface area (Å²) in [6, 6.07) is 7.21. The molecular weight excluding hydrogens is 516 g/mol. The molecule has 0 aromatic heterocycles. The Morgan fingerprint density at radius 2 is 1.68 bits per heavy atom. The van der Waals surface area contributed by atoms with Crippen molar-refractivity contribution in [3.63, 3.8) is 0 Å². The number of likely N-dealkylation sites (N-methyl/N-ethyl adjacent to an activating group) is 1. The van der Waals surface area contributed by atoms with Crippen LogP contribution in [0.3, 0.4) is 0 Å². The van der Waals surface area contributed by atoms with Crippen LogP contribution in [0, 0.1) is 0 Å². The summed E-state index contributed by atoms with van der Waals surface area (Å²) < 4.78 is 46.0. The van der Waals surface area contributed by atoms with Gasteiger partial charge in [0.25, 0.3) is 5.91 Å². The molecule has 0 fully saturated rings. The van der Waals surface area contributed by atoms with Crippen LogP contribution in [0.5, 0.6) is 0 Å². The van der Waals surface area contributed by atoms with Crippen molar-refractivity contribution in [1.29, 1.82) is 0 Å². The summed E-state index contributed by atoms with van der Waals surface area (Å²) in [6.07, 6.45) is -2.36. The summed E-state index contributed by atoms with van der Waals surface area (Å²) >= 11 is 17.6. The highest BCUT2D eigenvalue weighted by Crippen LogP contribution is 2.41. The Kier molecular flexibility index (Phi) is 10.2. The number of halogens is 6. The number of methoxy groups -OCH3 is 1. The Bertz CT molecular complexity index is 1020. The van der Waals surface area contributed by atoms with Gasteiger partial charge in [-0.05, 0) is 42.3 Å². The first-order valence-corrected chi connectivity index (χ1v) is 11.2. The lowest BCUT2D eigenvalue weighted by atomic mass is 9.97. The van der Waals surface area contributed by atoms with Crippen molar-refractivity contribution in [3.8, 4) is 0 Å². The summed E-state index contributed by atoms with van der Waals surface area (Å²) in [7, 11) is 1.40. The number of hydrogen-bond acceptors (Lipinski definition) is 3. The minimum Gasteiger partial charge on any atom is -0.382 e. The number of allylic oxidation sites excluding steroid dienone is 1. The zero-order valence-corrected chi connectivity index (χ0v) is 20.4. The van der Waals surface area contributed by atoms with Crippen molar-refractivity contribution >= 4 is 52.7 Å². The van der Waals surface area contributed by atoms with Crippen LogP contribution in [0.4, 0.5) is 13.2 Å². The number of carbonyl (C=O) groups is 2. The average molecular weight is 538 g/mol.